The van der Waals surface area contributed by atoms with Crippen LogP contribution in [0.4, 0.5) is 0 Å². The van der Waals surface area contributed by atoms with Gasteiger partial charge in [-0.1, -0.05) is 26.2 Å². The van der Waals surface area contributed by atoms with E-state index in [4.69, 9.17) is 0 Å². The Balaban J connectivity index is 2.33. The lowest BCUT2D eigenvalue weighted by Crippen LogP contribution is -2.31. The largest absolute Gasteiger partial charge is 0.349 e. The Bertz CT molecular complexity index is 336. The molecule has 0 saturated carbocycles. The first-order valence-electron chi connectivity index (χ1n) is 5.71. The number of amides is 1. The topological polar surface area (TPSA) is 29.1 Å². The Hall–Kier alpha value is -0.480. The van der Waals surface area contributed by atoms with E-state index < -0.39 is 0 Å². The molecular formula is C12H19NOS2. The first-order chi connectivity index (χ1) is 7.63. The van der Waals surface area contributed by atoms with Crippen molar-refractivity contribution in [2.45, 2.75) is 50.5 Å². The zero-order chi connectivity index (χ0) is 12.0. The summed E-state index contributed by atoms with van der Waals surface area (Å²) in [5.41, 5.74) is 0. The molecule has 0 saturated heterocycles. The fourth-order valence-electron chi connectivity index (χ4n) is 1.51. The Morgan fingerprint density at radius 3 is 2.88 bits per heavy atom. The second-order valence-electron chi connectivity index (χ2n) is 4.04. The van der Waals surface area contributed by atoms with Crippen molar-refractivity contribution in [3.05, 3.63) is 16.3 Å². The maximum absolute atomic E-state index is 11.8. The van der Waals surface area contributed by atoms with Gasteiger partial charge in [-0.3, -0.25) is 4.79 Å². The summed E-state index contributed by atoms with van der Waals surface area (Å²) in [5.74, 6) is 0.0225. The zero-order valence-electron chi connectivity index (χ0n) is 9.82. The highest BCUT2D eigenvalue weighted by molar-refractivity contribution is 7.80. The van der Waals surface area contributed by atoms with Crippen molar-refractivity contribution in [1.82, 2.24) is 5.32 Å². The molecule has 1 heterocycles. The molecule has 1 amide bonds. The molecule has 0 aliphatic heterocycles. The van der Waals surface area contributed by atoms with Crippen molar-refractivity contribution >= 4 is 29.9 Å². The van der Waals surface area contributed by atoms with Gasteiger partial charge < -0.3 is 5.32 Å². The van der Waals surface area contributed by atoms with Crippen LogP contribution >= 0.6 is 24.0 Å². The van der Waals surface area contributed by atoms with E-state index in [0.29, 0.717) is 0 Å². The summed E-state index contributed by atoms with van der Waals surface area (Å²) in [5, 5.41) is 4.88. The molecule has 2 nitrogen and oxygen atoms in total. The third-order valence-electron chi connectivity index (χ3n) is 2.43. The molecule has 0 aliphatic rings. The minimum Gasteiger partial charge on any atom is -0.349 e. The molecule has 0 bridgehead atoms. The summed E-state index contributed by atoms with van der Waals surface area (Å²) in [6, 6.07) is 2.06. The Morgan fingerprint density at radius 2 is 2.31 bits per heavy atom. The molecule has 1 rings (SSSR count). The fraction of sp³-hybridized carbons (Fsp3) is 0.583. The van der Waals surface area contributed by atoms with E-state index in [9.17, 15) is 4.79 Å². The van der Waals surface area contributed by atoms with Crippen LogP contribution < -0.4 is 5.32 Å². The number of hydrogen-bond acceptors (Lipinski definition) is 3. The molecule has 16 heavy (non-hydrogen) atoms. The normalized spacial score (nSPS) is 12.4. The molecule has 1 aromatic heterocycles. The van der Waals surface area contributed by atoms with Gasteiger partial charge >= 0.3 is 0 Å². The molecule has 0 aromatic carbocycles. The van der Waals surface area contributed by atoms with Gasteiger partial charge in [-0.25, -0.2) is 0 Å². The molecule has 0 spiro atoms. The average Bonchev–Trinajstić information content (AvgIpc) is 2.65. The van der Waals surface area contributed by atoms with Crippen molar-refractivity contribution in [2.75, 3.05) is 0 Å². The third-order valence-corrected chi connectivity index (χ3v) is 3.79. The number of thiol groups is 1. The van der Waals surface area contributed by atoms with Crippen LogP contribution in [0.15, 0.2) is 16.3 Å². The maximum atomic E-state index is 11.8. The van der Waals surface area contributed by atoms with Crippen LogP contribution in [-0.2, 0) is 0 Å². The summed E-state index contributed by atoms with van der Waals surface area (Å²) in [4.78, 5) is 13.4. The van der Waals surface area contributed by atoms with Gasteiger partial charge in [0.25, 0.3) is 5.91 Å². The lowest BCUT2D eigenvalue weighted by atomic mass is 10.1. The molecule has 1 atom stereocenters. The number of unbranched alkanes of at least 4 members (excludes halogenated alkanes) is 2. The van der Waals surface area contributed by atoms with E-state index in [1.54, 1.807) is 0 Å². The SMILES string of the molecule is CCCCCC(C)NC(=O)c1cc(S)cs1. The van der Waals surface area contributed by atoms with E-state index >= 15 is 0 Å². The predicted octanol–water partition coefficient (Wildman–Crippen LogP) is 3.74. The van der Waals surface area contributed by atoms with E-state index in [2.05, 4.69) is 31.8 Å². The van der Waals surface area contributed by atoms with Gasteiger partial charge in [0.1, 0.15) is 0 Å². The van der Waals surface area contributed by atoms with E-state index in [1.807, 2.05) is 11.4 Å². The lowest BCUT2D eigenvalue weighted by molar-refractivity contribution is 0.0942. The standard InChI is InChI=1S/C12H19NOS2/c1-3-4-5-6-9(2)13-12(14)11-7-10(15)8-16-11/h7-9,15H,3-6H2,1-2H3,(H,13,14). The van der Waals surface area contributed by atoms with Gasteiger partial charge in [-0.15, -0.1) is 24.0 Å². The Morgan fingerprint density at radius 1 is 1.56 bits per heavy atom. The minimum absolute atomic E-state index is 0.0225. The number of rotatable bonds is 6. The summed E-state index contributed by atoms with van der Waals surface area (Å²) in [7, 11) is 0. The van der Waals surface area contributed by atoms with Crippen LogP contribution in [0.2, 0.25) is 0 Å². The van der Waals surface area contributed by atoms with Crippen LogP contribution in [0.25, 0.3) is 0 Å². The van der Waals surface area contributed by atoms with Gasteiger partial charge in [-0.2, -0.15) is 0 Å². The van der Waals surface area contributed by atoms with Crippen molar-refractivity contribution in [3.8, 4) is 0 Å². The van der Waals surface area contributed by atoms with Gasteiger partial charge in [0.15, 0.2) is 0 Å². The minimum atomic E-state index is 0.0225. The van der Waals surface area contributed by atoms with Crippen molar-refractivity contribution in [2.24, 2.45) is 0 Å². The number of thiophene rings is 1. The smallest absolute Gasteiger partial charge is 0.261 e. The number of carbonyl (C=O) groups is 1. The van der Waals surface area contributed by atoms with E-state index in [1.165, 1.54) is 30.6 Å². The summed E-state index contributed by atoms with van der Waals surface area (Å²) in [6.45, 7) is 4.24. The van der Waals surface area contributed by atoms with Gasteiger partial charge in [0.2, 0.25) is 0 Å². The van der Waals surface area contributed by atoms with Gasteiger partial charge in [0, 0.05) is 16.3 Å². The monoisotopic (exact) mass is 257 g/mol. The van der Waals surface area contributed by atoms with Crippen LogP contribution in [0.1, 0.15) is 49.2 Å². The quantitative estimate of drug-likeness (QED) is 0.590. The maximum Gasteiger partial charge on any atom is 0.261 e. The Kier molecular flexibility index (Phi) is 5.91. The number of nitrogens with one attached hydrogen (secondary N) is 1. The van der Waals surface area contributed by atoms with Crippen LogP contribution in [0.5, 0.6) is 0 Å². The molecule has 0 radical (unpaired) electrons. The van der Waals surface area contributed by atoms with Crippen molar-refractivity contribution in [3.63, 3.8) is 0 Å². The highest BCUT2D eigenvalue weighted by atomic mass is 32.1. The van der Waals surface area contributed by atoms with Crippen LogP contribution in [0, 0.1) is 0 Å². The summed E-state index contributed by atoms with van der Waals surface area (Å²) in [6.07, 6.45) is 4.69. The number of carbonyl (C=O) groups excluding carboxylic acids is 1. The van der Waals surface area contributed by atoms with E-state index in [0.717, 1.165) is 16.2 Å². The summed E-state index contributed by atoms with van der Waals surface area (Å²) >= 11 is 5.63. The lowest BCUT2D eigenvalue weighted by Gasteiger charge is -2.12. The zero-order valence-corrected chi connectivity index (χ0v) is 11.5. The first-order valence-corrected chi connectivity index (χ1v) is 7.04. The van der Waals surface area contributed by atoms with E-state index in [-0.39, 0.29) is 11.9 Å². The van der Waals surface area contributed by atoms with Gasteiger partial charge in [0.05, 0.1) is 4.88 Å². The Labute approximate surface area is 107 Å². The van der Waals surface area contributed by atoms with Crippen LogP contribution in [0.3, 0.4) is 0 Å². The highest BCUT2D eigenvalue weighted by Crippen LogP contribution is 2.17. The molecule has 1 unspecified atom stereocenters. The van der Waals surface area contributed by atoms with Gasteiger partial charge in [-0.05, 0) is 19.4 Å². The average molecular weight is 257 g/mol. The summed E-state index contributed by atoms with van der Waals surface area (Å²) < 4.78 is 0. The first kappa shape index (κ1) is 13.6. The molecule has 4 heteroatoms. The fourth-order valence-corrected chi connectivity index (χ4v) is 2.56. The molecular weight excluding hydrogens is 238 g/mol. The highest BCUT2D eigenvalue weighted by Gasteiger charge is 2.10. The molecule has 90 valence electrons. The third kappa shape index (κ3) is 4.58. The number of hydrogen-bond donors (Lipinski definition) is 2. The second kappa shape index (κ2) is 6.97. The second-order valence-corrected chi connectivity index (χ2v) is 5.47. The molecule has 1 aromatic rings. The predicted molar refractivity (Wildman–Crippen MR) is 72.6 cm³/mol. The van der Waals surface area contributed by atoms with Crippen molar-refractivity contribution < 1.29 is 4.79 Å². The molecule has 0 fully saturated rings. The molecule has 0 aliphatic carbocycles. The molecule has 1 N–H and O–H groups in total. The van der Waals surface area contributed by atoms with Crippen molar-refractivity contribution in [1.29, 1.82) is 0 Å². The van der Waals surface area contributed by atoms with Crippen LogP contribution in [-0.4, -0.2) is 11.9 Å².